The number of rotatable bonds is 12. The van der Waals surface area contributed by atoms with Gasteiger partial charge in [0.05, 0.1) is 13.2 Å². The highest BCUT2D eigenvalue weighted by molar-refractivity contribution is 5.89. The molecule has 1 aromatic rings. The zero-order chi connectivity index (χ0) is 16.9. The minimum absolute atomic E-state index is 0.0128. The van der Waals surface area contributed by atoms with Crippen LogP contribution in [0.5, 0.6) is 5.75 Å². The summed E-state index contributed by atoms with van der Waals surface area (Å²) >= 11 is 0. The molecule has 0 fully saturated rings. The number of unbranched alkanes of at least 4 members (excludes halogenated alkanes) is 4. The van der Waals surface area contributed by atoms with Gasteiger partial charge in [-0.15, -0.1) is 0 Å². The zero-order valence-corrected chi connectivity index (χ0v) is 14.2. The molecule has 0 saturated heterocycles. The molecule has 4 heteroatoms. The average Bonchev–Trinajstić information content (AvgIpc) is 2.55. The van der Waals surface area contributed by atoms with Crippen molar-refractivity contribution in [3.05, 3.63) is 35.6 Å². The van der Waals surface area contributed by atoms with E-state index in [1.54, 1.807) is 6.08 Å². The molecule has 0 radical (unpaired) electrons. The summed E-state index contributed by atoms with van der Waals surface area (Å²) in [5, 5.41) is 9.22. The van der Waals surface area contributed by atoms with E-state index in [1.165, 1.54) is 0 Å². The molecule has 0 unspecified atom stereocenters. The van der Waals surface area contributed by atoms with Crippen molar-refractivity contribution in [2.45, 2.75) is 52.4 Å². The van der Waals surface area contributed by atoms with Crippen molar-refractivity contribution in [3.63, 3.8) is 0 Å². The standard InChI is InChI=1S/C19H28O4/c1-3-5-7-8-14-23-18(19(20)21)15-16-9-11-17(12-10-16)22-13-6-4-2/h9-12,15H,3-8,13-14H2,1-2H3,(H,20,21). The van der Waals surface area contributed by atoms with Gasteiger partial charge in [-0.3, -0.25) is 0 Å². The van der Waals surface area contributed by atoms with E-state index in [0.717, 1.165) is 49.8 Å². The van der Waals surface area contributed by atoms with Crippen molar-refractivity contribution < 1.29 is 19.4 Å². The van der Waals surface area contributed by atoms with E-state index in [0.29, 0.717) is 13.2 Å². The Bertz CT molecular complexity index is 477. The zero-order valence-electron chi connectivity index (χ0n) is 14.2. The number of carboxylic acid groups (broad SMARTS) is 1. The van der Waals surface area contributed by atoms with Crippen molar-refractivity contribution in [1.29, 1.82) is 0 Å². The van der Waals surface area contributed by atoms with Crippen molar-refractivity contribution in [2.75, 3.05) is 13.2 Å². The summed E-state index contributed by atoms with van der Waals surface area (Å²) < 4.78 is 11.0. The number of carbonyl (C=O) groups is 1. The van der Waals surface area contributed by atoms with Crippen LogP contribution < -0.4 is 4.74 Å². The van der Waals surface area contributed by atoms with Crippen molar-refractivity contribution in [1.82, 2.24) is 0 Å². The van der Waals surface area contributed by atoms with Crippen LogP contribution in [-0.4, -0.2) is 24.3 Å². The summed E-state index contributed by atoms with van der Waals surface area (Å²) in [6.07, 6.45) is 7.91. The minimum atomic E-state index is -1.04. The van der Waals surface area contributed by atoms with Gasteiger partial charge in [0.1, 0.15) is 5.75 Å². The molecule has 4 nitrogen and oxygen atoms in total. The van der Waals surface area contributed by atoms with E-state index in [2.05, 4.69) is 13.8 Å². The fourth-order valence-corrected chi connectivity index (χ4v) is 2.02. The highest BCUT2D eigenvalue weighted by atomic mass is 16.5. The molecule has 1 aromatic carbocycles. The first-order chi connectivity index (χ1) is 11.2. The molecular formula is C19H28O4. The number of hydrogen-bond acceptors (Lipinski definition) is 3. The summed E-state index contributed by atoms with van der Waals surface area (Å²) in [5.74, 6) is -0.252. The maximum absolute atomic E-state index is 11.2. The Morgan fingerprint density at radius 1 is 1.00 bits per heavy atom. The van der Waals surface area contributed by atoms with Gasteiger partial charge in [0.2, 0.25) is 5.76 Å². The maximum Gasteiger partial charge on any atom is 0.371 e. The first-order valence-corrected chi connectivity index (χ1v) is 8.48. The monoisotopic (exact) mass is 320 g/mol. The largest absolute Gasteiger partial charge is 0.494 e. The van der Waals surface area contributed by atoms with Crippen molar-refractivity contribution >= 4 is 12.0 Å². The van der Waals surface area contributed by atoms with Crippen LogP contribution in [0.1, 0.15) is 57.9 Å². The lowest BCUT2D eigenvalue weighted by molar-refractivity contribution is -0.136. The Hall–Kier alpha value is -1.97. The third-order valence-corrected chi connectivity index (χ3v) is 3.41. The molecule has 1 N–H and O–H groups in total. The van der Waals surface area contributed by atoms with E-state index in [1.807, 2.05) is 24.3 Å². The lowest BCUT2D eigenvalue weighted by Gasteiger charge is -2.08. The quantitative estimate of drug-likeness (QED) is 0.338. The van der Waals surface area contributed by atoms with Gasteiger partial charge in [-0.2, -0.15) is 0 Å². The van der Waals surface area contributed by atoms with Gasteiger partial charge < -0.3 is 14.6 Å². The molecule has 0 aliphatic carbocycles. The van der Waals surface area contributed by atoms with Crippen LogP contribution >= 0.6 is 0 Å². The van der Waals surface area contributed by atoms with Crippen LogP contribution in [0.15, 0.2) is 30.0 Å². The third-order valence-electron chi connectivity index (χ3n) is 3.41. The highest BCUT2D eigenvalue weighted by Crippen LogP contribution is 2.16. The molecule has 0 heterocycles. The molecule has 0 bridgehead atoms. The lowest BCUT2D eigenvalue weighted by atomic mass is 10.2. The van der Waals surface area contributed by atoms with Crippen LogP contribution in [0.3, 0.4) is 0 Å². The SMILES string of the molecule is CCCCCCOC(=Cc1ccc(OCCCC)cc1)C(=O)O. The van der Waals surface area contributed by atoms with E-state index in [9.17, 15) is 9.90 Å². The van der Waals surface area contributed by atoms with E-state index >= 15 is 0 Å². The normalized spacial score (nSPS) is 11.3. The van der Waals surface area contributed by atoms with Gasteiger partial charge >= 0.3 is 5.97 Å². The second kappa shape index (κ2) is 11.6. The molecule has 1 rings (SSSR count). The van der Waals surface area contributed by atoms with Crippen LogP contribution in [0.2, 0.25) is 0 Å². The predicted octanol–water partition coefficient (Wildman–Crippen LogP) is 4.89. The topological polar surface area (TPSA) is 55.8 Å². The van der Waals surface area contributed by atoms with Gasteiger partial charge in [-0.1, -0.05) is 51.7 Å². The second-order valence-electron chi connectivity index (χ2n) is 5.49. The number of carboxylic acids is 1. The number of hydrogen-bond donors (Lipinski definition) is 1. The molecule has 0 saturated carbocycles. The van der Waals surface area contributed by atoms with E-state index in [4.69, 9.17) is 9.47 Å². The number of benzene rings is 1. The minimum Gasteiger partial charge on any atom is -0.494 e. The fraction of sp³-hybridized carbons (Fsp3) is 0.526. The second-order valence-corrected chi connectivity index (χ2v) is 5.49. The van der Waals surface area contributed by atoms with E-state index < -0.39 is 5.97 Å². The fourth-order valence-electron chi connectivity index (χ4n) is 2.02. The van der Waals surface area contributed by atoms with Crippen molar-refractivity contribution in [3.8, 4) is 5.75 Å². The Morgan fingerprint density at radius 3 is 2.30 bits per heavy atom. The summed E-state index contributed by atoms with van der Waals surface area (Å²) in [6.45, 7) is 5.40. The van der Waals surface area contributed by atoms with Crippen LogP contribution in [0.25, 0.3) is 6.08 Å². The third kappa shape index (κ3) is 8.29. The maximum atomic E-state index is 11.2. The highest BCUT2D eigenvalue weighted by Gasteiger charge is 2.08. The molecule has 0 amide bonds. The molecule has 128 valence electrons. The van der Waals surface area contributed by atoms with Gasteiger partial charge in [-0.25, -0.2) is 4.79 Å². The molecule has 0 aliphatic heterocycles. The number of aliphatic carboxylic acids is 1. The van der Waals surface area contributed by atoms with E-state index in [-0.39, 0.29) is 5.76 Å². The smallest absolute Gasteiger partial charge is 0.371 e. The summed E-state index contributed by atoms with van der Waals surface area (Å²) in [7, 11) is 0. The Balaban J connectivity index is 2.55. The van der Waals surface area contributed by atoms with Gasteiger partial charge in [-0.05, 0) is 36.6 Å². The van der Waals surface area contributed by atoms with Gasteiger partial charge in [0, 0.05) is 0 Å². The molecule has 23 heavy (non-hydrogen) atoms. The molecule has 0 aromatic heterocycles. The first kappa shape index (κ1) is 19.1. The van der Waals surface area contributed by atoms with Crippen LogP contribution in [0, 0.1) is 0 Å². The predicted molar refractivity (Wildman–Crippen MR) is 92.6 cm³/mol. The molecule has 0 spiro atoms. The average molecular weight is 320 g/mol. The summed E-state index contributed by atoms with van der Waals surface area (Å²) in [5.41, 5.74) is 0.791. The Morgan fingerprint density at radius 2 is 1.70 bits per heavy atom. The summed E-state index contributed by atoms with van der Waals surface area (Å²) in [4.78, 5) is 11.2. The first-order valence-electron chi connectivity index (χ1n) is 8.48. The molecular weight excluding hydrogens is 292 g/mol. The van der Waals surface area contributed by atoms with Crippen molar-refractivity contribution in [2.24, 2.45) is 0 Å². The number of ether oxygens (including phenoxy) is 2. The van der Waals surface area contributed by atoms with Gasteiger partial charge in [0.15, 0.2) is 0 Å². The summed E-state index contributed by atoms with van der Waals surface area (Å²) in [6, 6.07) is 7.37. The molecule has 0 atom stereocenters. The van der Waals surface area contributed by atoms with Gasteiger partial charge in [0.25, 0.3) is 0 Å². The Kier molecular flexibility index (Phi) is 9.60. The Labute approximate surface area is 139 Å². The molecule has 0 aliphatic rings. The van der Waals surface area contributed by atoms with Crippen LogP contribution in [-0.2, 0) is 9.53 Å². The lowest BCUT2D eigenvalue weighted by Crippen LogP contribution is -2.06. The van der Waals surface area contributed by atoms with Crippen LogP contribution in [0.4, 0.5) is 0 Å².